The average Bonchev–Trinajstić information content (AvgIpc) is 2.52. The van der Waals surface area contributed by atoms with Gasteiger partial charge in [-0.05, 0) is 32.9 Å². The summed E-state index contributed by atoms with van der Waals surface area (Å²) in [4.78, 5) is 27.4. The topological polar surface area (TPSA) is 53.9 Å². The summed E-state index contributed by atoms with van der Waals surface area (Å²) in [5, 5.41) is 2.94. The molecule has 1 aromatic carbocycles. The number of carbonyl (C=O) groups excluding carboxylic acids is 2. The van der Waals surface area contributed by atoms with Gasteiger partial charge in [-0.2, -0.15) is 0 Å². The zero-order valence-corrected chi connectivity index (χ0v) is 16.2. The third-order valence-corrected chi connectivity index (χ3v) is 5.03. The third kappa shape index (κ3) is 6.57. The number of hydrogen-bond donors (Lipinski definition) is 2. The first-order chi connectivity index (χ1) is 12.1. The largest absolute Gasteiger partial charge is 0.347 e. The van der Waals surface area contributed by atoms with Gasteiger partial charge >= 0.3 is 0 Å². The maximum atomic E-state index is 13.6. The molecule has 1 fully saturated rings. The van der Waals surface area contributed by atoms with E-state index in [4.69, 9.17) is 0 Å². The van der Waals surface area contributed by atoms with Crippen LogP contribution in [0.25, 0.3) is 0 Å². The lowest BCUT2D eigenvalue weighted by molar-refractivity contribution is -0.896. The molecule has 1 aliphatic rings. The van der Waals surface area contributed by atoms with Crippen LogP contribution >= 0.6 is 11.8 Å². The maximum Gasteiger partial charge on any atom is 0.275 e. The van der Waals surface area contributed by atoms with Crippen LogP contribution in [-0.2, 0) is 9.59 Å². The van der Waals surface area contributed by atoms with E-state index in [1.165, 1.54) is 12.1 Å². The van der Waals surface area contributed by atoms with Crippen LogP contribution in [0, 0.1) is 11.6 Å². The van der Waals surface area contributed by atoms with Crippen LogP contribution in [0.15, 0.2) is 23.1 Å². The van der Waals surface area contributed by atoms with Gasteiger partial charge in [-0.25, -0.2) is 8.78 Å². The number of halogens is 2. The summed E-state index contributed by atoms with van der Waals surface area (Å²) < 4.78 is 26.5. The Kier molecular flexibility index (Phi) is 7.00. The Labute approximate surface area is 157 Å². The highest BCUT2D eigenvalue weighted by atomic mass is 32.2. The van der Waals surface area contributed by atoms with Gasteiger partial charge in [0.15, 0.2) is 6.54 Å². The van der Waals surface area contributed by atoms with Crippen molar-refractivity contribution >= 4 is 23.6 Å². The molecule has 0 bridgehead atoms. The molecule has 0 aliphatic carbocycles. The van der Waals surface area contributed by atoms with E-state index in [1.807, 2.05) is 20.8 Å². The minimum atomic E-state index is -0.651. The molecule has 1 aromatic rings. The first-order valence-electron chi connectivity index (χ1n) is 8.64. The second kappa shape index (κ2) is 8.81. The van der Waals surface area contributed by atoms with Gasteiger partial charge in [0.2, 0.25) is 5.91 Å². The van der Waals surface area contributed by atoms with Crippen molar-refractivity contribution in [1.29, 1.82) is 0 Å². The molecule has 0 radical (unpaired) electrons. The van der Waals surface area contributed by atoms with Gasteiger partial charge in [0.25, 0.3) is 5.91 Å². The molecule has 8 heteroatoms. The second-order valence-corrected chi connectivity index (χ2v) is 8.49. The van der Waals surface area contributed by atoms with E-state index in [0.717, 1.165) is 22.7 Å². The number of carbonyl (C=O) groups is 2. The zero-order chi connectivity index (χ0) is 19.3. The van der Waals surface area contributed by atoms with Crippen LogP contribution in [0.1, 0.15) is 20.8 Å². The highest BCUT2D eigenvalue weighted by Crippen LogP contribution is 2.22. The van der Waals surface area contributed by atoms with E-state index in [0.29, 0.717) is 32.7 Å². The number of nitrogens with zero attached hydrogens (tertiary/aromatic N) is 1. The fraction of sp³-hybridized carbons (Fsp3) is 0.556. The molecule has 0 unspecified atom stereocenters. The Bertz CT molecular complexity index is 656. The van der Waals surface area contributed by atoms with E-state index in [-0.39, 0.29) is 28.0 Å². The lowest BCUT2D eigenvalue weighted by atomic mass is 10.1. The fourth-order valence-electron chi connectivity index (χ4n) is 2.76. The van der Waals surface area contributed by atoms with Gasteiger partial charge in [0, 0.05) is 16.5 Å². The van der Waals surface area contributed by atoms with E-state index >= 15 is 0 Å². The summed E-state index contributed by atoms with van der Waals surface area (Å²) in [6, 6.07) is 3.34. The molecular formula is C18H26F2N3O2S+. The summed E-state index contributed by atoms with van der Waals surface area (Å²) in [6.07, 6.45) is 0. The number of quaternary nitrogens is 1. The Morgan fingerprint density at radius 1 is 1.23 bits per heavy atom. The molecule has 0 aromatic heterocycles. The number of amides is 2. The van der Waals surface area contributed by atoms with Crippen molar-refractivity contribution in [1.82, 2.24) is 10.2 Å². The Morgan fingerprint density at radius 3 is 2.46 bits per heavy atom. The molecule has 2 amide bonds. The standard InChI is InChI=1S/C18H25F2N3O2S/c1-18(2,3)21-16(24)11-22-6-8-23(9-7-22)17(25)12-26-15-5-4-13(19)10-14(15)20/h4-5,10H,6-9,11-12H2,1-3H3,(H,21,24)/p+1. The van der Waals surface area contributed by atoms with Crippen LogP contribution in [0.5, 0.6) is 0 Å². The molecule has 1 aliphatic heterocycles. The molecule has 2 rings (SSSR count). The number of hydrogen-bond acceptors (Lipinski definition) is 3. The van der Waals surface area contributed by atoms with Crippen molar-refractivity contribution in [3.63, 3.8) is 0 Å². The molecule has 144 valence electrons. The number of piperazine rings is 1. The van der Waals surface area contributed by atoms with E-state index in [9.17, 15) is 18.4 Å². The average molecular weight is 386 g/mol. The van der Waals surface area contributed by atoms with Crippen molar-refractivity contribution < 1.29 is 23.3 Å². The molecular weight excluding hydrogens is 360 g/mol. The summed E-state index contributed by atoms with van der Waals surface area (Å²) in [5.41, 5.74) is -0.249. The third-order valence-electron chi connectivity index (χ3n) is 3.99. The Balaban J connectivity index is 1.75. The monoisotopic (exact) mass is 386 g/mol. The molecule has 0 atom stereocenters. The summed E-state index contributed by atoms with van der Waals surface area (Å²) in [5.74, 6) is -1.23. The predicted octanol–water partition coefficient (Wildman–Crippen LogP) is 0.699. The summed E-state index contributed by atoms with van der Waals surface area (Å²) in [7, 11) is 0. The van der Waals surface area contributed by atoms with Crippen LogP contribution in [0.4, 0.5) is 8.78 Å². The lowest BCUT2D eigenvalue weighted by Gasteiger charge is -2.32. The van der Waals surface area contributed by atoms with Crippen molar-refractivity contribution in [2.24, 2.45) is 0 Å². The molecule has 1 heterocycles. The minimum absolute atomic E-state index is 0.00890. The van der Waals surface area contributed by atoms with Crippen LogP contribution < -0.4 is 10.2 Å². The number of thioether (sulfide) groups is 1. The molecule has 0 spiro atoms. The SMILES string of the molecule is CC(C)(C)NC(=O)C[NH+]1CCN(C(=O)CSc2ccc(F)cc2F)CC1. The van der Waals surface area contributed by atoms with E-state index in [2.05, 4.69) is 5.32 Å². The van der Waals surface area contributed by atoms with Crippen LogP contribution in [0.2, 0.25) is 0 Å². The van der Waals surface area contributed by atoms with Gasteiger partial charge < -0.3 is 15.1 Å². The normalized spacial score (nSPS) is 15.8. The Morgan fingerprint density at radius 2 is 1.88 bits per heavy atom. The number of benzene rings is 1. The minimum Gasteiger partial charge on any atom is -0.347 e. The molecule has 1 saturated heterocycles. The zero-order valence-electron chi connectivity index (χ0n) is 15.4. The second-order valence-electron chi connectivity index (χ2n) is 7.47. The molecule has 5 nitrogen and oxygen atoms in total. The summed E-state index contributed by atoms with van der Waals surface area (Å²) >= 11 is 1.07. The highest BCUT2D eigenvalue weighted by Gasteiger charge is 2.26. The number of nitrogens with one attached hydrogen (secondary N) is 2. The molecule has 2 N–H and O–H groups in total. The van der Waals surface area contributed by atoms with E-state index in [1.54, 1.807) is 4.90 Å². The van der Waals surface area contributed by atoms with Gasteiger partial charge in [-0.1, -0.05) is 0 Å². The lowest BCUT2D eigenvalue weighted by Crippen LogP contribution is -3.16. The molecule has 26 heavy (non-hydrogen) atoms. The van der Waals surface area contributed by atoms with Gasteiger partial charge in [0.05, 0.1) is 31.9 Å². The van der Waals surface area contributed by atoms with Crippen molar-refractivity contribution in [2.75, 3.05) is 38.5 Å². The van der Waals surface area contributed by atoms with Gasteiger partial charge in [0.1, 0.15) is 11.6 Å². The predicted molar refractivity (Wildman–Crippen MR) is 97.1 cm³/mol. The number of rotatable bonds is 5. The van der Waals surface area contributed by atoms with Gasteiger partial charge in [-0.3, -0.25) is 9.59 Å². The fourth-order valence-corrected chi connectivity index (χ4v) is 3.58. The van der Waals surface area contributed by atoms with E-state index < -0.39 is 11.6 Å². The van der Waals surface area contributed by atoms with Gasteiger partial charge in [-0.15, -0.1) is 11.8 Å². The quantitative estimate of drug-likeness (QED) is 0.733. The summed E-state index contributed by atoms with van der Waals surface area (Å²) in [6.45, 7) is 8.79. The first-order valence-corrected chi connectivity index (χ1v) is 9.63. The van der Waals surface area contributed by atoms with Crippen molar-refractivity contribution in [2.45, 2.75) is 31.2 Å². The van der Waals surface area contributed by atoms with Crippen molar-refractivity contribution in [3.8, 4) is 0 Å². The first kappa shape index (κ1) is 20.6. The highest BCUT2D eigenvalue weighted by molar-refractivity contribution is 8.00. The smallest absolute Gasteiger partial charge is 0.275 e. The Hall–Kier alpha value is -1.67. The maximum absolute atomic E-state index is 13.6. The van der Waals surface area contributed by atoms with Crippen molar-refractivity contribution in [3.05, 3.63) is 29.8 Å². The van der Waals surface area contributed by atoms with Crippen LogP contribution in [-0.4, -0.2) is 60.7 Å². The molecule has 0 saturated carbocycles. The van der Waals surface area contributed by atoms with Crippen LogP contribution in [0.3, 0.4) is 0 Å².